The predicted octanol–water partition coefficient (Wildman–Crippen LogP) is 2.30. The van der Waals surface area contributed by atoms with Crippen molar-refractivity contribution in [2.75, 3.05) is 5.01 Å². The molecule has 8 heteroatoms. The van der Waals surface area contributed by atoms with E-state index in [1.807, 2.05) is 61.5 Å². The van der Waals surface area contributed by atoms with Gasteiger partial charge in [0.1, 0.15) is 5.92 Å². The Bertz CT molecular complexity index is 683. The minimum absolute atomic E-state index is 0.144. The number of unbranched alkanes of at least 4 members (excludes halogenated alkanes) is 1. The molecule has 0 radical (unpaired) electrons. The summed E-state index contributed by atoms with van der Waals surface area (Å²) >= 11 is -2.36. The zero-order valence-corrected chi connectivity index (χ0v) is 15.9. The van der Waals surface area contributed by atoms with Crippen LogP contribution in [0.4, 0.5) is 5.69 Å². The topological polar surface area (TPSA) is 116 Å². The molecule has 146 valence electrons. The number of nitrogens with two attached hydrogens (primary N) is 1. The van der Waals surface area contributed by atoms with Crippen molar-refractivity contribution < 1.29 is 18.4 Å². The normalized spacial score (nSPS) is 16.4. The summed E-state index contributed by atoms with van der Waals surface area (Å²) in [6, 6.07) is 21.2. The fourth-order valence-corrected chi connectivity index (χ4v) is 2.33. The second-order valence-electron chi connectivity index (χ2n) is 5.60. The van der Waals surface area contributed by atoms with Gasteiger partial charge in [0, 0.05) is 11.3 Å². The van der Waals surface area contributed by atoms with Crippen LogP contribution in [-0.2, 0) is 20.9 Å². The number of carbonyl (C=O) groups excluding carboxylic acids is 2. The zero-order chi connectivity index (χ0) is 20.1. The van der Waals surface area contributed by atoms with Gasteiger partial charge in [-0.05, 0) is 18.6 Å². The Morgan fingerprint density at radius 3 is 1.93 bits per heavy atom. The monoisotopic (exact) mass is 390 g/mol. The third-order valence-electron chi connectivity index (χ3n) is 3.58. The van der Waals surface area contributed by atoms with Gasteiger partial charge in [-0.3, -0.25) is 24.4 Å². The highest BCUT2D eigenvalue weighted by Gasteiger charge is 2.39. The minimum Gasteiger partial charge on any atom is -0.760 e. The van der Waals surface area contributed by atoms with Crippen molar-refractivity contribution in [2.24, 2.45) is 11.1 Å². The van der Waals surface area contributed by atoms with Gasteiger partial charge in [0.2, 0.25) is 0 Å². The summed E-state index contributed by atoms with van der Waals surface area (Å²) in [6.07, 6.45) is 2.51. The van der Waals surface area contributed by atoms with Crippen molar-refractivity contribution in [3.63, 3.8) is 0 Å². The maximum atomic E-state index is 12.1. The summed E-state index contributed by atoms with van der Waals surface area (Å²) in [6.45, 7) is 2.05. The van der Waals surface area contributed by atoms with Crippen LogP contribution in [0.25, 0.3) is 0 Å². The SMILES string of the molecule is CCCCC1C(=O)NN(c2ccccc2)C1=O.NS(=O)[O-].c1ccccc1. The summed E-state index contributed by atoms with van der Waals surface area (Å²) in [5.41, 5.74) is 3.34. The molecule has 2 amide bonds. The average Bonchev–Trinajstić information content (AvgIpc) is 2.96. The van der Waals surface area contributed by atoms with Gasteiger partial charge >= 0.3 is 0 Å². The maximum absolute atomic E-state index is 12.1. The summed E-state index contributed by atoms with van der Waals surface area (Å²) < 4.78 is 17.6. The molecular formula is C19H24N3O4S-. The van der Waals surface area contributed by atoms with Crippen molar-refractivity contribution in [2.45, 2.75) is 26.2 Å². The molecule has 1 fully saturated rings. The summed E-state index contributed by atoms with van der Waals surface area (Å²) in [5, 5.41) is 5.38. The average molecular weight is 390 g/mol. The highest BCUT2D eigenvalue weighted by atomic mass is 32.2. The molecule has 2 aromatic rings. The first-order valence-electron chi connectivity index (χ1n) is 8.50. The predicted molar refractivity (Wildman–Crippen MR) is 105 cm³/mol. The first-order chi connectivity index (χ1) is 13.0. The Morgan fingerprint density at radius 1 is 1.04 bits per heavy atom. The molecule has 2 unspecified atom stereocenters. The Labute approximate surface area is 162 Å². The van der Waals surface area contributed by atoms with E-state index in [-0.39, 0.29) is 11.8 Å². The minimum atomic E-state index is -2.36. The van der Waals surface area contributed by atoms with Crippen molar-refractivity contribution in [3.05, 3.63) is 66.7 Å². The largest absolute Gasteiger partial charge is 0.760 e. The highest BCUT2D eigenvalue weighted by Crippen LogP contribution is 2.22. The van der Waals surface area contributed by atoms with Gasteiger partial charge in [-0.1, -0.05) is 74.4 Å². The van der Waals surface area contributed by atoms with Crippen LogP contribution in [0.15, 0.2) is 66.7 Å². The molecule has 0 aromatic heterocycles. The molecule has 2 aromatic carbocycles. The van der Waals surface area contributed by atoms with Crippen LogP contribution < -0.4 is 15.6 Å². The third kappa shape index (κ3) is 8.59. The molecule has 0 aliphatic carbocycles. The molecule has 3 N–H and O–H groups in total. The van der Waals surface area contributed by atoms with E-state index in [4.69, 9.17) is 8.76 Å². The zero-order valence-electron chi connectivity index (χ0n) is 15.1. The molecule has 1 aliphatic heterocycles. The summed E-state index contributed by atoms with van der Waals surface area (Å²) in [4.78, 5) is 23.8. The van der Waals surface area contributed by atoms with Gasteiger partial charge in [-0.25, -0.2) is 5.01 Å². The molecule has 0 spiro atoms. The molecule has 1 heterocycles. The Morgan fingerprint density at radius 2 is 1.48 bits per heavy atom. The number of benzene rings is 2. The number of hydrogen-bond acceptors (Lipinski definition) is 4. The number of anilines is 1. The van der Waals surface area contributed by atoms with E-state index in [9.17, 15) is 9.59 Å². The Hall–Kier alpha value is -2.55. The van der Waals surface area contributed by atoms with Gasteiger partial charge < -0.3 is 4.55 Å². The van der Waals surface area contributed by atoms with E-state index in [0.717, 1.165) is 12.8 Å². The molecule has 1 aliphatic rings. The number of hydrazine groups is 1. The lowest BCUT2D eigenvalue weighted by Gasteiger charge is -2.14. The van der Waals surface area contributed by atoms with Gasteiger partial charge in [0.05, 0.1) is 5.69 Å². The smallest absolute Gasteiger partial charge is 0.258 e. The van der Waals surface area contributed by atoms with E-state index >= 15 is 0 Å². The van der Waals surface area contributed by atoms with Gasteiger partial charge in [-0.15, -0.1) is 0 Å². The quantitative estimate of drug-likeness (QED) is 0.615. The number of hydrogen-bond donors (Lipinski definition) is 2. The maximum Gasteiger partial charge on any atom is 0.258 e. The lowest BCUT2D eigenvalue weighted by atomic mass is 10.0. The summed E-state index contributed by atoms with van der Waals surface area (Å²) in [7, 11) is 0. The third-order valence-corrected chi connectivity index (χ3v) is 3.58. The van der Waals surface area contributed by atoms with Crippen LogP contribution in [0, 0.1) is 5.92 Å². The Balaban J connectivity index is 0.000000299. The number of amides is 2. The van der Waals surface area contributed by atoms with Gasteiger partial charge in [-0.2, -0.15) is 0 Å². The van der Waals surface area contributed by atoms with E-state index in [1.54, 1.807) is 12.1 Å². The first-order valence-corrected chi connectivity index (χ1v) is 9.64. The molecule has 1 saturated heterocycles. The van der Waals surface area contributed by atoms with Crippen LogP contribution in [0.2, 0.25) is 0 Å². The van der Waals surface area contributed by atoms with E-state index in [1.165, 1.54) is 5.01 Å². The number of rotatable bonds is 4. The second kappa shape index (κ2) is 12.7. The van der Waals surface area contributed by atoms with E-state index in [0.29, 0.717) is 12.1 Å². The number of nitrogens with one attached hydrogen (secondary N) is 1. The molecule has 0 saturated carbocycles. The van der Waals surface area contributed by atoms with Crippen LogP contribution in [0.1, 0.15) is 26.2 Å². The Kier molecular flexibility index (Phi) is 10.6. The van der Waals surface area contributed by atoms with Crippen LogP contribution in [-0.4, -0.2) is 20.6 Å². The van der Waals surface area contributed by atoms with Gasteiger partial charge in [0.15, 0.2) is 0 Å². The fourth-order valence-electron chi connectivity index (χ4n) is 2.33. The number of nitrogens with zero attached hydrogens (tertiary/aromatic N) is 1. The van der Waals surface area contributed by atoms with E-state index < -0.39 is 17.2 Å². The number of para-hydroxylation sites is 1. The van der Waals surface area contributed by atoms with Crippen molar-refractivity contribution >= 4 is 28.8 Å². The van der Waals surface area contributed by atoms with Crippen molar-refractivity contribution in [3.8, 4) is 0 Å². The lowest BCUT2D eigenvalue weighted by Crippen LogP contribution is -2.35. The van der Waals surface area contributed by atoms with Crippen LogP contribution in [0.3, 0.4) is 0 Å². The highest BCUT2D eigenvalue weighted by molar-refractivity contribution is 7.76. The van der Waals surface area contributed by atoms with E-state index in [2.05, 4.69) is 10.6 Å². The van der Waals surface area contributed by atoms with Crippen LogP contribution in [0.5, 0.6) is 0 Å². The van der Waals surface area contributed by atoms with Crippen LogP contribution >= 0.6 is 0 Å². The molecule has 3 rings (SSSR count). The fraction of sp³-hybridized carbons (Fsp3) is 0.263. The molecule has 2 atom stereocenters. The lowest BCUT2D eigenvalue weighted by molar-refractivity contribution is -0.127. The molecular weight excluding hydrogens is 366 g/mol. The molecule has 7 nitrogen and oxygen atoms in total. The van der Waals surface area contributed by atoms with Crippen molar-refractivity contribution in [1.29, 1.82) is 0 Å². The van der Waals surface area contributed by atoms with Gasteiger partial charge in [0.25, 0.3) is 11.8 Å². The summed E-state index contributed by atoms with van der Waals surface area (Å²) in [5.74, 6) is -0.850. The molecule has 27 heavy (non-hydrogen) atoms. The number of carbonyl (C=O) groups is 2. The first kappa shape index (κ1) is 22.5. The standard InChI is InChI=1S/C13H16N2O2.C6H6.H3NO2S/c1-2-3-9-11-12(16)14-15(13(11)17)10-7-5-4-6-8-10;1-2-4-6-5-3-1;1-4(2)3/h4-8,11H,2-3,9H2,1H3,(H,14,16);1-6H;1H2,(H,2,3)/p-1. The van der Waals surface area contributed by atoms with Crippen molar-refractivity contribution in [1.82, 2.24) is 5.43 Å². The molecule has 0 bridgehead atoms. The second-order valence-corrected chi connectivity index (χ2v) is 6.12.